The lowest BCUT2D eigenvalue weighted by atomic mass is 10.1. The monoisotopic (exact) mass is 451 g/mol. The first-order valence-electron chi connectivity index (χ1n) is 10.0. The van der Waals surface area contributed by atoms with E-state index in [4.69, 9.17) is 0 Å². The van der Waals surface area contributed by atoms with Crippen LogP contribution in [-0.2, 0) is 9.59 Å². The van der Waals surface area contributed by atoms with E-state index in [1.807, 2.05) is 45.0 Å². The van der Waals surface area contributed by atoms with Gasteiger partial charge < -0.3 is 10.6 Å². The molecular formula is C23H25N5O3S. The van der Waals surface area contributed by atoms with Crippen molar-refractivity contribution in [3.05, 3.63) is 63.4 Å². The van der Waals surface area contributed by atoms with Crippen LogP contribution in [0.4, 0.5) is 11.4 Å². The van der Waals surface area contributed by atoms with E-state index in [0.717, 1.165) is 34.1 Å². The van der Waals surface area contributed by atoms with Crippen LogP contribution in [0.3, 0.4) is 0 Å². The molecule has 2 amide bonds. The summed E-state index contributed by atoms with van der Waals surface area (Å²) in [7, 11) is 0. The molecule has 166 valence electrons. The van der Waals surface area contributed by atoms with Crippen molar-refractivity contribution in [2.24, 2.45) is 0 Å². The van der Waals surface area contributed by atoms with Crippen molar-refractivity contribution in [1.82, 2.24) is 15.2 Å². The molecule has 0 saturated carbocycles. The number of benzene rings is 2. The first-order valence-corrected chi connectivity index (χ1v) is 10.9. The number of carbonyl (C=O) groups is 2. The molecular weight excluding hydrogens is 426 g/mol. The molecule has 0 fully saturated rings. The SMILES string of the molecule is CC(=O)Nc1c(C)cccc1-c1nnc(S[C@H](C)C(=O)Nc2ccc(C)cc2C)[nH]c1=O. The highest BCUT2D eigenvalue weighted by atomic mass is 32.2. The predicted molar refractivity (Wildman–Crippen MR) is 127 cm³/mol. The number of aromatic amines is 1. The quantitative estimate of drug-likeness (QED) is 0.490. The molecule has 2 aromatic carbocycles. The number of amides is 2. The zero-order chi connectivity index (χ0) is 23.4. The van der Waals surface area contributed by atoms with Crippen LogP contribution in [0.1, 0.15) is 30.5 Å². The third-order valence-corrected chi connectivity index (χ3v) is 5.78. The highest BCUT2D eigenvalue weighted by Gasteiger charge is 2.19. The average molecular weight is 452 g/mol. The van der Waals surface area contributed by atoms with Crippen molar-refractivity contribution in [2.45, 2.75) is 45.0 Å². The van der Waals surface area contributed by atoms with Crippen molar-refractivity contribution in [3.8, 4) is 11.3 Å². The average Bonchev–Trinajstić information content (AvgIpc) is 2.71. The molecule has 0 saturated heterocycles. The number of hydrogen-bond acceptors (Lipinski definition) is 6. The van der Waals surface area contributed by atoms with Gasteiger partial charge in [-0.1, -0.05) is 47.7 Å². The summed E-state index contributed by atoms with van der Waals surface area (Å²) in [6.45, 7) is 8.88. The van der Waals surface area contributed by atoms with Gasteiger partial charge in [-0.25, -0.2) is 0 Å². The molecule has 3 aromatic rings. The summed E-state index contributed by atoms with van der Waals surface area (Å²) < 4.78 is 0. The number of carbonyl (C=O) groups excluding carboxylic acids is 2. The van der Waals surface area contributed by atoms with Gasteiger partial charge in [0.2, 0.25) is 11.8 Å². The van der Waals surface area contributed by atoms with Crippen LogP contribution in [0.2, 0.25) is 0 Å². The Balaban J connectivity index is 1.79. The number of para-hydroxylation sites is 1. The second kappa shape index (κ2) is 9.78. The number of anilines is 2. The summed E-state index contributed by atoms with van der Waals surface area (Å²) in [5, 5.41) is 13.5. The smallest absolute Gasteiger partial charge is 0.278 e. The Morgan fingerprint density at radius 2 is 1.78 bits per heavy atom. The summed E-state index contributed by atoms with van der Waals surface area (Å²) in [5.74, 6) is -0.457. The van der Waals surface area contributed by atoms with E-state index in [1.165, 1.54) is 6.92 Å². The Labute approximate surface area is 190 Å². The highest BCUT2D eigenvalue weighted by molar-refractivity contribution is 8.00. The Morgan fingerprint density at radius 3 is 2.44 bits per heavy atom. The van der Waals surface area contributed by atoms with Gasteiger partial charge >= 0.3 is 0 Å². The van der Waals surface area contributed by atoms with E-state index in [1.54, 1.807) is 19.1 Å². The van der Waals surface area contributed by atoms with Gasteiger partial charge in [0.25, 0.3) is 5.56 Å². The molecule has 1 aromatic heterocycles. The number of nitrogens with one attached hydrogen (secondary N) is 3. The lowest BCUT2D eigenvalue weighted by Gasteiger charge is -2.14. The molecule has 3 rings (SSSR count). The largest absolute Gasteiger partial charge is 0.325 e. The van der Waals surface area contributed by atoms with E-state index >= 15 is 0 Å². The van der Waals surface area contributed by atoms with Crippen molar-refractivity contribution < 1.29 is 9.59 Å². The van der Waals surface area contributed by atoms with Crippen molar-refractivity contribution in [1.29, 1.82) is 0 Å². The molecule has 1 heterocycles. The maximum Gasteiger partial charge on any atom is 0.278 e. The number of rotatable bonds is 6. The van der Waals surface area contributed by atoms with Crippen LogP contribution in [0.5, 0.6) is 0 Å². The minimum atomic E-state index is -0.514. The Bertz CT molecular complexity index is 1240. The fraction of sp³-hybridized carbons (Fsp3) is 0.261. The third-order valence-electron chi connectivity index (χ3n) is 4.80. The molecule has 0 unspecified atom stereocenters. The second-order valence-corrected chi connectivity index (χ2v) is 8.88. The highest BCUT2D eigenvalue weighted by Crippen LogP contribution is 2.28. The molecule has 1 atom stereocenters. The zero-order valence-electron chi connectivity index (χ0n) is 18.6. The number of aryl methyl sites for hydroxylation is 3. The Hall–Kier alpha value is -3.46. The molecule has 0 radical (unpaired) electrons. The minimum Gasteiger partial charge on any atom is -0.325 e. The van der Waals surface area contributed by atoms with Crippen LogP contribution in [0.25, 0.3) is 11.3 Å². The van der Waals surface area contributed by atoms with Crippen LogP contribution in [-0.4, -0.2) is 32.2 Å². The summed E-state index contributed by atoms with van der Waals surface area (Å²) in [4.78, 5) is 39.6. The molecule has 0 spiro atoms. The van der Waals surface area contributed by atoms with Gasteiger partial charge in [0.05, 0.1) is 10.9 Å². The van der Waals surface area contributed by atoms with E-state index < -0.39 is 10.8 Å². The lowest BCUT2D eigenvalue weighted by molar-refractivity contribution is -0.115. The van der Waals surface area contributed by atoms with Gasteiger partial charge in [0.1, 0.15) is 0 Å². The van der Waals surface area contributed by atoms with Crippen molar-refractivity contribution >= 4 is 35.0 Å². The van der Waals surface area contributed by atoms with Crippen molar-refractivity contribution in [2.75, 3.05) is 10.6 Å². The van der Waals surface area contributed by atoms with Crippen LogP contribution >= 0.6 is 11.8 Å². The Kier molecular flexibility index (Phi) is 7.09. The molecule has 0 aliphatic heterocycles. The molecule has 3 N–H and O–H groups in total. The molecule has 32 heavy (non-hydrogen) atoms. The van der Waals surface area contributed by atoms with Crippen molar-refractivity contribution in [3.63, 3.8) is 0 Å². The van der Waals surface area contributed by atoms with E-state index in [9.17, 15) is 14.4 Å². The zero-order valence-corrected chi connectivity index (χ0v) is 19.4. The van der Waals surface area contributed by atoms with Gasteiger partial charge in [-0.05, 0) is 44.9 Å². The number of thioether (sulfide) groups is 1. The number of nitrogens with zero attached hydrogens (tertiary/aromatic N) is 2. The molecule has 0 bridgehead atoms. The standard InChI is InChI=1S/C23H25N5O3S/c1-12-9-10-18(14(3)11-12)25-21(30)15(4)32-23-26-22(31)20(27-28-23)17-8-6-7-13(2)19(17)24-16(5)29/h6-11,15H,1-5H3,(H,24,29)(H,25,30)(H,26,28,31)/t15-/m1/s1. The number of aromatic nitrogens is 3. The van der Waals surface area contributed by atoms with Crippen LogP contribution in [0, 0.1) is 20.8 Å². The first kappa shape index (κ1) is 23.2. The molecule has 0 aliphatic carbocycles. The summed E-state index contributed by atoms with van der Waals surface area (Å²) in [6.07, 6.45) is 0. The lowest BCUT2D eigenvalue weighted by Crippen LogP contribution is -2.24. The first-order chi connectivity index (χ1) is 15.2. The number of H-pyrrole nitrogens is 1. The maximum atomic E-state index is 12.7. The van der Waals surface area contributed by atoms with Gasteiger partial charge in [-0.15, -0.1) is 10.2 Å². The normalized spacial score (nSPS) is 11.7. The Morgan fingerprint density at radius 1 is 1.03 bits per heavy atom. The summed E-state index contributed by atoms with van der Waals surface area (Å²) in [5.41, 5.74) is 4.26. The fourth-order valence-corrected chi connectivity index (χ4v) is 3.91. The van der Waals surface area contributed by atoms with E-state index in [2.05, 4.69) is 25.8 Å². The second-order valence-electron chi connectivity index (χ2n) is 7.55. The molecule has 9 heteroatoms. The van der Waals surface area contributed by atoms with Gasteiger partial charge in [-0.2, -0.15) is 0 Å². The van der Waals surface area contributed by atoms with Crippen LogP contribution < -0.4 is 16.2 Å². The minimum absolute atomic E-state index is 0.0918. The number of hydrogen-bond donors (Lipinski definition) is 3. The van der Waals surface area contributed by atoms with E-state index in [0.29, 0.717) is 11.3 Å². The van der Waals surface area contributed by atoms with E-state index in [-0.39, 0.29) is 22.7 Å². The summed E-state index contributed by atoms with van der Waals surface area (Å²) in [6, 6.07) is 11.1. The summed E-state index contributed by atoms with van der Waals surface area (Å²) >= 11 is 1.11. The molecule has 8 nitrogen and oxygen atoms in total. The molecule has 0 aliphatic rings. The predicted octanol–water partition coefficient (Wildman–Crippen LogP) is 3.83. The van der Waals surface area contributed by atoms with Gasteiger partial charge in [0, 0.05) is 18.2 Å². The topological polar surface area (TPSA) is 117 Å². The third kappa shape index (κ3) is 5.42. The van der Waals surface area contributed by atoms with Gasteiger partial charge in [-0.3, -0.25) is 19.4 Å². The fourth-order valence-electron chi connectivity index (χ4n) is 3.17. The van der Waals surface area contributed by atoms with Crippen LogP contribution in [0.15, 0.2) is 46.3 Å². The van der Waals surface area contributed by atoms with Gasteiger partial charge in [0.15, 0.2) is 10.9 Å². The maximum absolute atomic E-state index is 12.7.